The van der Waals surface area contributed by atoms with Gasteiger partial charge in [0.15, 0.2) is 11.5 Å². The number of hydrogen-bond acceptors (Lipinski definition) is 4. The molecule has 1 aromatic carbocycles. The predicted molar refractivity (Wildman–Crippen MR) is 69.1 cm³/mol. The maximum absolute atomic E-state index is 5.27. The Morgan fingerprint density at radius 3 is 2.67 bits per heavy atom. The zero-order valence-electron chi connectivity index (χ0n) is 10.6. The van der Waals surface area contributed by atoms with Crippen molar-refractivity contribution < 1.29 is 9.47 Å². The Hall–Kier alpha value is -1.75. The Bertz CT molecular complexity index is 520. The number of ether oxygens (including phenoxy) is 2. The van der Waals surface area contributed by atoms with Crippen LogP contribution in [0, 0.1) is 0 Å². The highest BCUT2D eigenvalue weighted by molar-refractivity contribution is 5.79. The van der Waals surface area contributed by atoms with Crippen LogP contribution in [0.3, 0.4) is 0 Å². The van der Waals surface area contributed by atoms with Crippen LogP contribution in [0.2, 0.25) is 0 Å². The lowest BCUT2D eigenvalue weighted by atomic mass is 10.3. The lowest BCUT2D eigenvalue weighted by Gasteiger charge is -2.06. The van der Waals surface area contributed by atoms with Crippen molar-refractivity contribution in [3.8, 4) is 11.5 Å². The molecule has 1 aromatic heterocycles. The van der Waals surface area contributed by atoms with Crippen molar-refractivity contribution >= 4 is 11.0 Å². The van der Waals surface area contributed by atoms with Gasteiger partial charge >= 0.3 is 0 Å². The molecule has 0 radical (unpaired) electrons. The van der Waals surface area contributed by atoms with Crippen molar-refractivity contribution in [3.63, 3.8) is 0 Å². The Morgan fingerprint density at radius 2 is 2.00 bits per heavy atom. The number of benzene rings is 1. The summed E-state index contributed by atoms with van der Waals surface area (Å²) in [5, 5.41) is 3.43. The molecule has 0 atom stereocenters. The van der Waals surface area contributed by atoms with Crippen LogP contribution in [-0.4, -0.2) is 30.2 Å². The standard InChI is InChI=1S/C13H17N3O2/c1-17-11-5-9-10(6-12(11)18-2)16-13(15-9)7-14-8-3-4-8/h5-6,8,14H,3-4,7H2,1-2H3,(H,15,16). The van der Waals surface area contributed by atoms with E-state index in [4.69, 9.17) is 9.47 Å². The second-order valence-corrected chi connectivity index (χ2v) is 4.56. The first-order valence-electron chi connectivity index (χ1n) is 6.14. The van der Waals surface area contributed by atoms with E-state index in [0.29, 0.717) is 11.8 Å². The summed E-state index contributed by atoms with van der Waals surface area (Å²) in [6, 6.07) is 4.50. The monoisotopic (exact) mass is 247 g/mol. The van der Waals surface area contributed by atoms with Gasteiger partial charge in [-0.1, -0.05) is 0 Å². The van der Waals surface area contributed by atoms with E-state index in [0.717, 1.165) is 29.2 Å². The summed E-state index contributed by atoms with van der Waals surface area (Å²) >= 11 is 0. The fourth-order valence-electron chi connectivity index (χ4n) is 2.00. The van der Waals surface area contributed by atoms with Crippen LogP contribution in [-0.2, 0) is 6.54 Å². The molecule has 1 heterocycles. The minimum absolute atomic E-state index is 0.683. The largest absolute Gasteiger partial charge is 0.493 e. The molecule has 96 valence electrons. The fourth-order valence-corrected chi connectivity index (χ4v) is 2.00. The molecule has 2 N–H and O–H groups in total. The number of rotatable bonds is 5. The molecule has 3 rings (SSSR count). The van der Waals surface area contributed by atoms with E-state index in [1.807, 2.05) is 12.1 Å². The molecule has 0 aliphatic heterocycles. The second kappa shape index (κ2) is 4.49. The molecule has 1 saturated carbocycles. The van der Waals surface area contributed by atoms with Gasteiger partial charge in [-0.15, -0.1) is 0 Å². The van der Waals surface area contributed by atoms with Crippen molar-refractivity contribution in [2.24, 2.45) is 0 Å². The Labute approximate surface area is 106 Å². The van der Waals surface area contributed by atoms with E-state index in [-0.39, 0.29) is 0 Å². The molecule has 0 spiro atoms. The Morgan fingerprint density at radius 1 is 1.28 bits per heavy atom. The number of nitrogens with one attached hydrogen (secondary N) is 2. The molecule has 1 aliphatic carbocycles. The fraction of sp³-hybridized carbons (Fsp3) is 0.462. The van der Waals surface area contributed by atoms with Gasteiger partial charge < -0.3 is 19.8 Å². The summed E-state index contributed by atoms with van der Waals surface area (Å²) < 4.78 is 10.5. The number of imidazole rings is 1. The maximum atomic E-state index is 5.27. The number of aromatic amines is 1. The van der Waals surface area contributed by atoms with Gasteiger partial charge in [-0.2, -0.15) is 0 Å². The smallest absolute Gasteiger partial charge is 0.163 e. The minimum atomic E-state index is 0.683. The molecule has 2 aromatic rings. The number of methoxy groups -OCH3 is 2. The van der Waals surface area contributed by atoms with E-state index in [1.165, 1.54) is 12.8 Å². The molecule has 1 aliphatic rings. The van der Waals surface area contributed by atoms with Gasteiger partial charge in [-0.3, -0.25) is 0 Å². The number of aromatic nitrogens is 2. The average molecular weight is 247 g/mol. The van der Waals surface area contributed by atoms with E-state index in [1.54, 1.807) is 14.2 Å². The van der Waals surface area contributed by atoms with Crippen LogP contribution in [0.5, 0.6) is 11.5 Å². The van der Waals surface area contributed by atoms with Crippen molar-refractivity contribution in [2.75, 3.05) is 14.2 Å². The SMILES string of the molecule is COc1cc2nc(CNC3CC3)[nH]c2cc1OC. The summed E-state index contributed by atoms with van der Waals surface area (Å²) in [6.45, 7) is 0.782. The molecule has 0 saturated heterocycles. The quantitative estimate of drug-likeness (QED) is 0.846. The Kier molecular flexibility index (Phi) is 2.83. The topological polar surface area (TPSA) is 59.2 Å². The predicted octanol–water partition coefficient (Wildman–Crippen LogP) is 1.83. The molecular weight excluding hydrogens is 230 g/mol. The number of hydrogen-bond donors (Lipinski definition) is 2. The van der Waals surface area contributed by atoms with Crippen molar-refractivity contribution in [3.05, 3.63) is 18.0 Å². The third-order valence-corrected chi connectivity index (χ3v) is 3.17. The summed E-state index contributed by atoms with van der Waals surface area (Å²) in [5.41, 5.74) is 1.88. The molecule has 0 amide bonds. The van der Waals surface area contributed by atoms with E-state index < -0.39 is 0 Å². The highest BCUT2D eigenvalue weighted by Crippen LogP contribution is 2.31. The summed E-state index contributed by atoms with van der Waals surface area (Å²) in [6.07, 6.45) is 2.56. The molecule has 0 bridgehead atoms. The molecule has 18 heavy (non-hydrogen) atoms. The van der Waals surface area contributed by atoms with Crippen LogP contribution in [0.25, 0.3) is 11.0 Å². The first-order chi connectivity index (χ1) is 8.80. The lowest BCUT2D eigenvalue weighted by molar-refractivity contribution is 0.356. The van der Waals surface area contributed by atoms with E-state index in [2.05, 4.69) is 15.3 Å². The summed E-state index contributed by atoms with van der Waals surface area (Å²) in [4.78, 5) is 7.84. The van der Waals surface area contributed by atoms with E-state index in [9.17, 15) is 0 Å². The molecule has 1 fully saturated rings. The summed E-state index contributed by atoms with van der Waals surface area (Å²) in [7, 11) is 3.27. The van der Waals surface area contributed by atoms with Crippen LogP contribution in [0.1, 0.15) is 18.7 Å². The van der Waals surface area contributed by atoms with Gasteiger partial charge in [0.25, 0.3) is 0 Å². The number of H-pyrrole nitrogens is 1. The first kappa shape index (κ1) is 11.3. The van der Waals surface area contributed by atoms with Gasteiger partial charge in [-0.25, -0.2) is 4.98 Å². The van der Waals surface area contributed by atoms with Crippen LogP contribution < -0.4 is 14.8 Å². The van der Waals surface area contributed by atoms with Gasteiger partial charge in [0.2, 0.25) is 0 Å². The van der Waals surface area contributed by atoms with Gasteiger partial charge in [-0.05, 0) is 12.8 Å². The van der Waals surface area contributed by atoms with Crippen LogP contribution in [0.15, 0.2) is 12.1 Å². The third-order valence-electron chi connectivity index (χ3n) is 3.17. The second-order valence-electron chi connectivity index (χ2n) is 4.56. The third kappa shape index (κ3) is 2.13. The zero-order valence-corrected chi connectivity index (χ0v) is 10.6. The van der Waals surface area contributed by atoms with Crippen LogP contribution in [0.4, 0.5) is 0 Å². The Balaban J connectivity index is 1.89. The zero-order chi connectivity index (χ0) is 12.5. The number of nitrogens with zero attached hydrogens (tertiary/aromatic N) is 1. The normalized spacial score (nSPS) is 15.0. The minimum Gasteiger partial charge on any atom is -0.493 e. The van der Waals surface area contributed by atoms with Crippen molar-refractivity contribution in [1.82, 2.24) is 15.3 Å². The van der Waals surface area contributed by atoms with Gasteiger partial charge in [0.05, 0.1) is 31.8 Å². The molecule has 5 nitrogen and oxygen atoms in total. The van der Waals surface area contributed by atoms with Crippen molar-refractivity contribution in [2.45, 2.75) is 25.4 Å². The average Bonchev–Trinajstić information content (AvgIpc) is 3.14. The lowest BCUT2D eigenvalue weighted by Crippen LogP contribution is -2.16. The highest BCUT2D eigenvalue weighted by atomic mass is 16.5. The van der Waals surface area contributed by atoms with Gasteiger partial charge in [0, 0.05) is 18.2 Å². The van der Waals surface area contributed by atoms with Gasteiger partial charge in [0.1, 0.15) is 5.82 Å². The molecule has 0 unspecified atom stereocenters. The summed E-state index contributed by atoms with van der Waals surface area (Å²) in [5.74, 6) is 2.38. The van der Waals surface area contributed by atoms with Crippen molar-refractivity contribution in [1.29, 1.82) is 0 Å². The molecular formula is C13H17N3O2. The highest BCUT2D eigenvalue weighted by Gasteiger charge is 2.20. The maximum Gasteiger partial charge on any atom is 0.163 e. The molecule has 5 heteroatoms. The van der Waals surface area contributed by atoms with E-state index >= 15 is 0 Å². The number of fused-ring (bicyclic) bond motifs is 1. The van der Waals surface area contributed by atoms with Crippen LogP contribution >= 0.6 is 0 Å². The first-order valence-corrected chi connectivity index (χ1v) is 6.14.